The molecule has 1 aromatic heterocycles. The highest BCUT2D eigenvalue weighted by Crippen LogP contribution is 2.14. The minimum atomic E-state index is -0.617. The Hall–Kier alpha value is -2.05. The van der Waals surface area contributed by atoms with Crippen molar-refractivity contribution in [2.45, 2.75) is 39.3 Å². The Morgan fingerprint density at radius 3 is 2.62 bits per heavy atom. The van der Waals surface area contributed by atoms with E-state index >= 15 is 0 Å². The van der Waals surface area contributed by atoms with Crippen molar-refractivity contribution in [3.63, 3.8) is 0 Å². The third-order valence-electron chi connectivity index (χ3n) is 3.54. The zero-order valence-electron chi connectivity index (χ0n) is 14.3. The Morgan fingerprint density at radius 2 is 2.04 bits per heavy atom. The average Bonchev–Trinajstić information content (AvgIpc) is 2.87. The number of amides is 1. The molecule has 0 fully saturated rings. The normalized spacial score (nSPS) is 11.5. The lowest BCUT2D eigenvalue weighted by Gasteiger charge is -2.13. The summed E-state index contributed by atoms with van der Waals surface area (Å²) in [6, 6.07) is 8.79. The maximum absolute atomic E-state index is 12.3. The van der Waals surface area contributed by atoms with Gasteiger partial charge in [-0.1, -0.05) is 19.1 Å². The van der Waals surface area contributed by atoms with Gasteiger partial charge >= 0.3 is 0 Å². The number of ether oxygens (including phenoxy) is 1. The zero-order chi connectivity index (χ0) is 16.8. The molecule has 1 heterocycles. The molecule has 1 atom stereocenters. The highest BCUT2D eigenvalue weighted by atomic mass is 35.5. The fourth-order valence-corrected chi connectivity index (χ4v) is 2.36. The van der Waals surface area contributed by atoms with Crippen LogP contribution >= 0.6 is 12.4 Å². The number of carbonyl (C=O) groups is 1. The molecule has 1 amide bonds. The van der Waals surface area contributed by atoms with E-state index in [1.807, 2.05) is 37.3 Å². The van der Waals surface area contributed by atoms with Crippen LogP contribution in [0.25, 0.3) is 0 Å². The van der Waals surface area contributed by atoms with Crippen LogP contribution in [-0.4, -0.2) is 28.8 Å². The Labute approximate surface area is 148 Å². The lowest BCUT2D eigenvalue weighted by atomic mass is 10.1. The van der Waals surface area contributed by atoms with Crippen molar-refractivity contribution in [2.75, 3.05) is 12.4 Å². The topological polar surface area (TPSA) is 82.2 Å². The van der Waals surface area contributed by atoms with Crippen LogP contribution in [0, 0.1) is 6.92 Å². The number of hydrogen-bond acceptors (Lipinski definition) is 4. The highest BCUT2D eigenvalue weighted by Gasteiger charge is 2.16. The molecule has 0 saturated carbocycles. The molecule has 2 rings (SSSR count). The molecule has 0 radical (unpaired) electrons. The lowest BCUT2D eigenvalue weighted by Crippen LogP contribution is -2.38. The molecule has 7 heteroatoms. The second kappa shape index (κ2) is 9.30. The molecule has 0 aliphatic rings. The number of hydrogen-bond donors (Lipinski definition) is 2. The van der Waals surface area contributed by atoms with E-state index in [2.05, 4.69) is 17.3 Å². The van der Waals surface area contributed by atoms with Gasteiger partial charge in [0.2, 0.25) is 5.91 Å². The van der Waals surface area contributed by atoms with Gasteiger partial charge in [0.15, 0.2) is 0 Å². The van der Waals surface area contributed by atoms with Crippen molar-refractivity contribution in [3.05, 3.63) is 41.6 Å². The van der Waals surface area contributed by atoms with Crippen LogP contribution in [0.2, 0.25) is 0 Å². The molecule has 0 aliphatic carbocycles. The Morgan fingerprint density at radius 1 is 1.38 bits per heavy atom. The van der Waals surface area contributed by atoms with E-state index in [9.17, 15) is 4.79 Å². The summed E-state index contributed by atoms with van der Waals surface area (Å²) in [6.07, 6.45) is 1.42. The number of nitrogens with two attached hydrogens (primary N) is 1. The van der Waals surface area contributed by atoms with Crippen LogP contribution in [0.5, 0.6) is 5.75 Å². The number of rotatable bonds is 7. The Bertz CT molecular complexity index is 655. The maximum Gasteiger partial charge on any atom is 0.242 e. The molecule has 0 unspecified atom stereocenters. The molecule has 3 N–H and O–H groups in total. The van der Waals surface area contributed by atoms with E-state index in [0.717, 1.165) is 30.0 Å². The summed E-state index contributed by atoms with van der Waals surface area (Å²) in [7, 11) is 1.62. The molecule has 1 aromatic carbocycles. The van der Waals surface area contributed by atoms with Crippen LogP contribution in [0.4, 0.5) is 5.82 Å². The van der Waals surface area contributed by atoms with Crippen molar-refractivity contribution in [1.82, 2.24) is 9.78 Å². The Kier molecular flexibility index (Phi) is 7.74. The SMILES string of the molecule is CCCn1nc(C)cc1NC(=O)[C@@H](N)Cc1ccc(OC)cc1.Cl. The predicted octanol–water partition coefficient (Wildman–Crippen LogP) is 2.54. The number of anilines is 1. The molecule has 0 aliphatic heterocycles. The summed E-state index contributed by atoms with van der Waals surface area (Å²) in [5.41, 5.74) is 7.89. The molecular formula is C17H25ClN4O2. The van der Waals surface area contributed by atoms with Gasteiger partial charge in [-0.2, -0.15) is 5.10 Å². The van der Waals surface area contributed by atoms with Crippen LogP contribution < -0.4 is 15.8 Å². The first kappa shape index (κ1) is 20.0. The maximum atomic E-state index is 12.3. The van der Waals surface area contributed by atoms with Gasteiger partial charge < -0.3 is 15.8 Å². The fraction of sp³-hybridized carbons (Fsp3) is 0.412. The van der Waals surface area contributed by atoms with Gasteiger partial charge in [0, 0.05) is 12.6 Å². The van der Waals surface area contributed by atoms with Gasteiger partial charge in [-0.15, -0.1) is 12.4 Å². The van der Waals surface area contributed by atoms with Gasteiger partial charge in [-0.25, -0.2) is 4.68 Å². The molecular weight excluding hydrogens is 328 g/mol. The molecule has 24 heavy (non-hydrogen) atoms. The second-order valence-electron chi connectivity index (χ2n) is 5.54. The minimum absolute atomic E-state index is 0. The first-order valence-electron chi connectivity index (χ1n) is 7.77. The minimum Gasteiger partial charge on any atom is -0.497 e. The van der Waals surface area contributed by atoms with E-state index < -0.39 is 6.04 Å². The Balaban J connectivity index is 0.00000288. The number of aromatic nitrogens is 2. The zero-order valence-corrected chi connectivity index (χ0v) is 15.1. The number of nitrogens with zero attached hydrogens (tertiary/aromatic N) is 2. The average molecular weight is 353 g/mol. The summed E-state index contributed by atoms with van der Waals surface area (Å²) < 4.78 is 6.92. The molecule has 2 aromatic rings. The largest absolute Gasteiger partial charge is 0.497 e. The third-order valence-corrected chi connectivity index (χ3v) is 3.54. The number of halogens is 1. The third kappa shape index (κ3) is 5.25. The standard InChI is InChI=1S/C17H24N4O2.ClH/c1-4-9-21-16(10-12(2)20-21)19-17(22)15(18)11-13-5-7-14(23-3)8-6-13;/h5-8,10,15H,4,9,11,18H2,1-3H3,(H,19,22);1H/t15-;/m0./s1. The molecule has 6 nitrogen and oxygen atoms in total. The van der Waals surface area contributed by atoms with Crippen molar-refractivity contribution >= 4 is 24.1 Å². The van der Waals surface area contributed by atoms with E-state index in [1.165, 1.54) is 0 Å². The molecule has 0 bridgehead atoms. The monoisotopic (exact) mass is 352 g/mol. The first-order valence-corrected chi connectivity index (χ1v) is 7.77. The molecule has 0 saturated heterocycles. The van der Waals surface area contributed by atoms with Gasteiger partial charge in [-0.3, -0.25) is 4.79 Å². The summed E-state index contributed by atoms with van der Waals surface area (Å²) >= 11 is 0. The van der Waals surface area contributed by atoms with E-state index in [1.54, 1.807) is 11.8 Å². The fourth-order valence-electron chi connectivity index (χ4n) is 2.36. The van der Waals surface area contributed by atoms with Gasteiger partial charge in [0.1, 0.15) is 11.6 Å². The number of methoxy groups -OCH3 is 1. The van der Waals surface area contributed by atoms with Crippen molar-refractivity contribution in [2.24, 2.45) is 5.73 Å². The predicted molar refractivity (Wildman–Crippen MR) is 97.8 cm³/mol. The summed E-state index contributed by atoms with van der Waals surface area (Å²) in [5, 5.41) is 7.23. The van der Waals surface area contributed by atoms with Crippen LogP contribution in [0.3, 0.4) is 0 Å². The van der Waals surface area contributed by atoms with Crippen LogP contribution in [-0.2, 0) is 17.8 Å². The lowest BCUT2D eigenvalue weighted by molar-refractivity contribution is -0.117. The van der Waals surface area contributed by atoms with Crippen molar-refractivity contribution in [1.29, 1.82) is 0 Å². The summed E-state index contributed by atoms with van der Waals surface area (Å²) in [4.78, 5) is 12.3. The summed E-state index contributed by atoms with van der Waals surface area (Å²) in [6.45, 7) is 4.73. The number of benzene rings is 1. The number of aryl methyl sites for hydroxylation is 2. The van der Waals surface area contributed by atoms with E-state index in [0.29, 0.717) is 12.2 Å². The highest BCUT2D eigenvalue weighted by molar-refractivity contribution is 5.94. The molecule has 0 spiro atoms. The smallest absolute Gasteiger partial charge is 0.242 e. The van der Waals surface area contributed by atoms with Gasteiger partial charge in [-0.05, 0) is 37.5 Å². The van der Waals surface area contributed by atoms with E-state index in [4.69, 9.17) is 10.5 Å². The van der Waals surface area contributed by atoms with Gasteiger partial charge in [0.25, 0.3) is 0 Å². The number of carbonyl (C=O) groups excluding carboxylic acids is 1. The van der Waals surface area contributed by atoms with Crippen molar-refractivity contribution in [3.8, 4) is 5.75 Å². The van der Waals surface area contributed by atoms with Crippen LogP contribution in [0.1, 0.15) is 24.6 Å². The second-order valence-corrected chi connectivity index (χ2v) is 5.54. The van der Waals surface area contributed by atoms with Crippen molar-refractivity contribution < 1.29 is 9.53 Å². The molecule has 132 valence electrons. The quantitative estimate of drug-likeness (QED) is 0.802. The first-order chi connectivity index (χ1) is 11.0. The van der Waals surface area contributed by atoms with Crippen LogP contribution in [0.15, 0.2) is 30.3 Å². The van der Waals surface area contributed by atoms with Gasteiger partial charge in [0.05, 0.1) is 18.8 Å². The number of nitrogens with one attached hydrogen (secondary N) is 1. The van der Waals surface area contributed by atoms with E-state index in [-0.39, 0.29) is 18.3 Å². The summed E-state index contributed by atoms with van der Waals surface area (Å²) in [5.74, 6) is 1.27.